The number of nitrogens with zero attached hydrogens (tertiary/aromatic N) is 4. The summed E-state index contributed by atoms with van der Waals surface area (Å²) in [6.45, 7) is 2.92. The summed E-state index contributed by atoms with van der Waals surface area (Å²) in [4.78, 5) is 19.2. The highest BCUT2D eigenvalue weighted by Crippen LogP contribution is 2.29. The molecular formula is C19H20N4O3. The van der Waals surface area contributed by atoms with E-state index in [1.54, 1.807) is 29.8 Å². The van der Waals surface area contributed by atoms with Crippen molar-refractivity contribution in [3.8, 4) is 17.2 Å². The van der Waals surface area contributed by atoms with Crippen LogP contribution in [0.1, 0.15) is 27.4 Å². The Hall–Kier alpha value is -3.09. The SMILES string of the molecule is COc1cccc2c1CN(C(=O)c1nc(-c3cnn(C)c3)oc1C)CC2. The number of hydrogen-bond acceptors (Lipinski definition) is 5. The molecule has 3 aromatic rings. The van der Waals surface area contributed by atoms with E-state index >= 15 is 0 Å². The Bertz CT molecular complexity index is 959. The first-order valence-corrected chi connectivity index (χ1v) is 8.47. The summed E-state index contributed by atoms with van der Waals surface area (Å²) >= 11 is 0. The van der Waals surface area contributed by atoms with E-state index in [1.807, 2.05) is 25.4 Å². The third-order valence-electron chi connectivity index (χ3n) is 4.69. The van der Waals surface area contributed by atoms with Crippen molar-refractivity contribution in [2.45, 2.75) is 19.9 Å². The summed E-state index contributed by atoms with van der Waals surface area (Å²) in [7, 11) is 3.47. The quantitative estimate of drug-likeness (QED) is 0.724. The molecule has 0 atom stereocenters. The second-order valence-corrected chi connectivity index (χ2v) is 6.40. The molecule has 0 saturated heterocycles. The van der Waals surface area contributed by atoms with Gasteiger partial charge >= 0.3 is 0 Å². The first-order chi connectivity index (χ1) is 12.6. The van der Waals surface area contributed by atoms with Crippen molar-refractivity contribution in [3.05, 3.63) is 53.2 Å². The molecule has 0 spiro atoms. The zero-order valence-corrected chi connectivity index (χ0v) is 15.0. The Morgan fingerprint density at radius 2 is 2.19 bits per heavy atom. The van der Waals surface area contributed by atoms with Crippen LogP contribution in [0.2, 0.25) is 0 Å². The van der Waals surface area contributed by atoms with Crippen molar-refractivity contribution in [1.82, 2.24) is 19.7 Å². The normalized spacial score (nSPS) is 13.6. The number of oxazole rings is 1. The van der Waals surface area contributed by atoms with Crippen molar-refractivity contribution < 1.29 is 13.9 Å². The molecule has 3 heterocycles. The molecule has 1 aromatic carbocycles. The highest BCUT2D eigenvalue weighted by molar-refractivity contribution is 5.94. The molecule has 1 aliphatic rings. The van der Waals surface area contributed by atoms with E-state index < -0.39 is 0 Å². The Morgan fingerprint density at radius 3 is 2.92 bits per heavy atom. The van der Waals surface area contributed by atoms with Gasteiger partial charge in [0, 0.05) is 31.9 Å². The largest absolute Gasteiger partial charge is 0.496 e. The van der Waals surface area contributed by atoms with Crippen LogP contribution in [0.4, 0.5) is 0 Å². The van der Waals surface area contributed by atoms with Crippen molar-refractivity contribution in [2.24, 2.45) is 7.05 Å². The number of amides is 1. The van der Waals surface area contributed by atoms with Crippen LogP contribution in [0.15, 0.2) is 35.0 Å². The molecule has 7 heteroatoms. The van der Waals surface area contributed by atoms with E-state index in [0.29, 0.717) is 30.4 Å². The summed E-state index contributed by atoms with van der Waals surface area (Å²) in [6.07, 6.45) is 4.27. The lowest BCUT2D eigenvalue weighted by Gasteiger charge is -2.29. The molecule has 0 radical (unpaired) electrons. The van der Waals surface area contributed by atoms with Gasteiger partial charge in [-0.05, 0) is 25.0 Å². The van der Waals surface area contributed by atoms with E-state index in [0.717, 1.165) is 23.3 Å². The molecule has 0 aliphatic carbocycles. The smallest absolute Gasteiger partial charge is 0.276 e. The maximum absolute atomic E-state index is 13.0. The maximum Gasteiger partial charge on any atom is 0.276 e. The standard InChI is InChI=1S/C19H20N4O3/c1-12-17(21-18(26-12)14-9-20-22(2)10-14)19(24)23-8-7-13-5-4-6-16(25-3)15(13)11-23/h4-6,9-10H,7-8,11H2,1-3H3. The van der Waals surface area contributed by atoms with Crippen LogP contribution < -0.4 is 4.74 Å². The molecule has 2 aromatic heterocycles. The summed E-state index contributed by atoms with van der Waals surface area (Å²) in [5.41, 5.74) is 3.38. The van der Waals surface area contributed by atoms with Gasteiger partial charge in [-0.1, -0.05) is 12.1 Å². The van der Waals surface area contributed by atoms with Crippen LogP contribution >= 0.6 is 0 Å². The average molecular weight is 352 g/mol. The molecule has 0 fully saturated rings. The fourth-order valence-corrected chi connectivity index (χ4v) is 3.31. The lowest BCUT2D eigenvalue weighted by Crippen LogP contribution is -2.36. The van der Waals surface area contributed by atoms with Crippen LogP contribution in [0, 0.1) is 6.92 Å². The number of ether oxygens (including phenoxy) is 1. The lowest BCUT2D eigenvalue weighted by molar-refractivity contribution is 0.0726. The Kier molecular flexibility index (Phi) is 3.99. The van der Waals surface area contributed by atoms with E-state index in [-0.39, 0.29) is 5.91 Å². The zero-order valence-electron chi connectivity index (χ0n) is 15.0. The molecule has 1 aliphatic heterocycles. The van der Waals surface area contributed by atoms with Gasteiger partial charge in [0.05, 0.1) is 18.9 Å². The lowest BCUT2D eigenvalue weighted by atomic mass is 9.98. The second-order valence-electron chi connectivity index (χ2n) is 6.40. The molecule has 0 saturated carbocycles. The fourth-order valence-electron chi connectivity index (χ4n) is 3.31. The number of aryl methyl sites for hydroxylation is 2. The zero-order chi connectivity index (χ0) is 18.3. The minimum absolute atomic E-state index is 0.127. The molecule has 26 heavy (non-hydrogen) atoms. The van der Waals surface area contributed by atoms with Gasteiger partial charge in [0.2, 0.25) is 5.89 Å². The van der Waals surface area contributed by atoms with Crippen LogP contribution in [0.3, 0.4) is 0 Å². The summed E-state index contributed by atoms with van der Waals surface area (Å²) < 4.78 is 12.8. The van der Waals surface area contributed by atoms with Crippen LogP contribution in [0.5, 0.6) is 5.75 Å². The molecule has 7 nitrogen and oxygen atoms in total. The van der Waals surface area contributed by atoms with Gasteiger partial charge in [0.25, 0.3) is 5.91 Å². The van der Waals surface area contributed by atoms with Gasteiger partial charge in [-0.25, -0.2) is 4.98 Å². The van der Waals surface area contributed by atoms with Crippen LogP contribution in [-0.2, 0) is 20.0 Å². The van der Waals surface area contributed by atoms with E-state index in [1.165, 1.54) is 5.56 Å². The molecule has 134 valence electrons. The number of rotatable bonds is 3. The first kappa shape index (κ1) is 16.4. The third kappa shape index (κ3) is 2.75. The minimum Gasteiger partial charge on any atom is -0.496 e. The van der Waals surface area contributed by atoms with Gasteiger partial charge < -0.3 is 14.1 Å². The Morgan fingerprint density at radius 1 is 1.35 bits per heavy atom. The predicted octanol–water partition coefficient (Wildman–Crippen LogP) is 2.59. The number of methoxy groups -OCH3 is 1. The molecule has 0 bridgehead atoms. The highest BCUT2D eigenvalue weighted by Gasteiger charge is 2.28. The number of fused-ring (bicyclic) bond motifs is 1. The molecule has 0 N–H and O–H groups in total. The van der Waals surface area contributed by atoms with E-state index in [4.69, 9.17) is 9.15 Å². The highest BCUT2D eigenvalue weighted by atomic mass is 16.5. The fraction of sp³-hybridized carbons (Fsp3) is 0.316. The number of benzene rings is 1. The number of aromatic nitrogens is 3. The second kappa shape index (κ2) is 6.33. The molecule has 4 rings (SSSR count). The number of carbonyl (C=O) groups excluding carboxylic acids is 1. The minimum atomic E-state index is -0.127. The monoisotopic (exact) mass is 352 g/mol. The van der Waals surface area contributed by atoms with Gasteiger partial charge in [-0.2, -0.15) is 5.10 Å². The van der Waals surface area contributed by atoms with Crippen LogP contribution in [-0.4, -0.2) is 39.2 Å². The van der Waals surface area contributed by atoms with E-state index in [2.05, 4.69) is 16.1 Å². The predicted molar refractivity (Wildman–Crippen MR) is 94.9 cm³/mol. The van der Waals surface area contributed by atoms with Crippen molar-refractivity contribution in [2.75, 3.05) is 13.7 Å². The van der Waals surface area contributed by atoms with Crippen molar-refractivity contribution >= 4 is 5.91 Å². The number of carbonyl (C=O) groups is 1. The number of hydrogen-bond donors (Lipinski definition) is 0. The van der Waals surface area contributed by atoms with Crippen molar-refractivity contribution in [1.29, 1.82) is 0 Å². The topological polar surface area (TPSA) is 73.4 Å². The maximum atomic E-state index is 13.0. The Balaban J connectivity index is 1.61. The summed E-state index contributed by atoms with van der Waals surface area (Å²) in [5, 5.41) is 4.12. The van der Waals surface area contributed by atoms with Gasteiger partial charge in [-0.15, -0.1) is 0 Å². The summed E-state index contributed by atoms with van der Waals surface area (Å²) in [5.74, 6) is 1.61. The van der Waals surface area contributed by atoms with Gasteiger partial charge in [-0.3, -0.25) is 9.48 Å². The summed E-state index contributed by atoms with van der Waals surface area (Å²) in [6, 6.07) is 5.99. The van der Waals surface area contributed by atoms with Crippen LogP contribution in [0.25, 0.3) is 11.5 Å². The van der Waals surface area contributed by atoms with Gasteiger partial charge in [0.15, 0.2) is 5.69 Å². The average Bonchev–Trinajstić information content (AvgIpc) is 3.25. The molecule has 0 unspecified atom stereocenters. The molecular weight excluding hydrogens is 332 g/mol. The third-order valence-corrected chi connectivity index (χ3v) is 4.69. The van der Waals surface area contributed by atoms with Crippen molar-refractivity contribution in [3.63, 3.8) is 0 Å². The van der Waals surface area contributed by atoms with Gasteiger partial charge in [0.1, 0.15) is 11.5 Å². The van der Waals surface area contributed by atoms with E-state index in [9.17, 15) is 4.79 Å². The molecule has 1 amide bonds. The first-order valence-electron chi connectivity index (χ1n) is 8.47. The Labute approximate surface area is 151 Å².